The van der Waals surface area contributed by atoms with Gasteiger partial charge in [-0.15, -0.1) is 0 Å². The SMILES string of the molecule is CCCc1ccc(-c2ccc(C3(O)CCC(c4ccc(OC)cc4)CC3)cc2C)cc1.CCCc1ccc(-c2ccc(C3=CCC(c4ccc(OC)cc4)CC3)cc2C)cc1.Cc1ccc(S(=O)(=O)O)cc1. The predicted molar refractivity (Wildman–Crippen MR) is 298 cm³/mol. The quantitative estimate of drug-likeness (QED) is 0.112. The first-order chi connectivity index (χ1) is 34.7. The van der Waals surface area contributed by atoms with E-state index in [1.54, 1.807) is 26.4 Å². The van der Waals surface area contributed by atoms with E-state index < -0.39 is 15.7 Å². The molecule has 2 aliphatic carbocycles. The highest BCUT2D eigenvalue weighted by molar-refractivity contribution is 7.85. The van der Waals surface area contributed by atoms with Crippen LogP contribution in [0.5, 0.6) is 11.5 Å². The van der Waals surface area contributed by atoms with Crippen molar-refractivity contribution in [1.82, 2.24) is 0 Å². The minimum atomic E-state index is -4.02. The molecular formula is C65H74O6S. The van der Waals surface area contributed by atoms with Crippen LogP contribution in [0.15, 0.2) is 169 Å². The van der Waals surface area contributed by atoms with Gasteiger partial charge in [-0.25, -0.2) is 0 Å². The Kier molecular flexibility index (Phi) is 18.5. The number of hydrogen-bond acceptors (Lipinski definition) is 5. The molecule has 9 rings (SSSR count). The van der Waals surface area contributed by atoms with Crippen LogP contribution >= 0.6 is 0 Å². The second-order valence-corrected chi connectivity index (χ2v) is 21.2. The average molecular weight is 983 g/mol. The summed E-state index contributed by atoms with van der Waals surface area (Å²) in [7, 11) is -0.599. The van der Waals surface area contributed by atoms with Gasteiger partial charge in [-0.05, 0) is 199 Å². The molecule has 1 unspecified atom stereocenters. The maximum absolute atomic E-state index is 11.5. The maximum Gasteiger partial charge on any atom is 0.294 e. The Hall–Kier alpha value is -6.25. The van der Waals surface area contributed by atoms with Gasteiger partial charge < -0.3 is 14.6 Å². The molecule has 376 valence electrons. The van der Waals surface area contributed by atoms with Gasteiger partial charge in [0.15, 0.2) is 0 Å². The molecule has 7 aromatic carbocycles. The van der Waals surface area contributed by atoms with Crippen molar-refractivity contribution in [1.29, 1.82) is 0 Å². The summed E-state index contributed by atoms with van der Waals surface area (Å²) in [6, 6.07) is 54.5. The fourth-order valence-electron chi connectivity index (χ4n) is 10.3. The van der Waals surface area contributed by atoms with Gasteiger partial charge in [0, 0.05) is 0 Å². The van der Waals surface area contributed by atoms with Crippen LogP contribution in [-0.2, 0) is 28.6 Å². The number of ether oxygens (including phenoxy) is 2. The van der Waals surface area contributed by atoms with Crippen LogP contribution in [0.2, 0.25) is 0 Å². The van der Waals surface area contributed by atoms with E-state index in [1.165, 1.54) is 98.2 Å². The van der Waals surface area contributed by atoms with Crippen molar-refractivity contribution >= 4 is 15.7 Å². The van der Waals surface area contributed by atoms with Crippen LogP contribution in [0.1, 0.15) is 134 Å². The van der Waals surface area contributed by atoms with Crippen molar-refractivity contribution in [3.8, 4) is 33.8 Å². The first-order valence-electron chi connectivity index (χ1n) is 25.8. The summed E-state index contributed by atoms with van der Waals surface area (Å²) < 4.78 is 40.1. The van der Waals surface area contributed by atoms with Gasteiger partial charge in [-0.1, -0.05) is 160 Å². The number of aryl methyl sites for hydroxylation is 5. The lowest BCUT2D eigenvalue weighted by Crippen LogP contribution is -2.31. The molecule has 0 aromatic heterocycles. The molecule has 1 saturated carbocycles. The normalized spacial score (nSPS) is 17.6. The van der Waals surface area contributed by atoms with Gasteiger partial charge in [0.2, 0.25) is 0 Å². The highest BCUT2D eigenvalue weighted by atomic mass is 32.2. The first-order valence-corrected chi connectivity index (χ1v) is 27.3. The zero-order valence-corrected chi connectivity index (χ0v) is 44.3. The third-order valence-electron chi connectivity index (χ3n) is 14.7. The molecule has 1 atom stereocenters. The van der Waals surface area contributed by atoms with E-state index in [1.807, 2.05) is 19.1 Å². The van der Waals surface area contributed by atoms with Crippen molar-refractivity contribution < 1.29 is 27.6 Å². The van der Waals surface area contributed by atoms with Gasteiger partial charge >= 0.3 is 0 Å². The molecule has 72 heavy (non-hydrogen) atoms. The second kappa shape index (κ2) is 24.9. The molecule has 6 nitrogen and oxygen atoms in total. The zero-order valence-electron chi connectivity index (χ0n) is 43.5. The third kappa shape index (κ3) is 14.0. The molecule has 0 spiro atoms. The van der Waals surface area contributed by atoms with Gasteiger partial charge in [-0.2, -0.15) is 8.42 Å². The summed E-state index contributed by atoms with van der Waals surface area (Å²) in [5.74, 6) is 2.95. The van der Waals surface area contributed by atoms with Crippen LogP contribution in [0, 0.1) is 20.8 Å². The monoisotopic (exact) mass is 983 g/mol. The van der Waals surface area contributed by atoms with Crippen molar-refractivity contribution in [2.24, 2.45) is 0 Å². The molecule has 0 radical (unpaired) electrons. The van der Waals surface area contributed by atoms with E-state index in [4.69, 9.17) is 14.0 Å². The van der Waals surface area contributed by atoms with Crippen LogP contribution in [0.3, 0.4) is 0 Å². The summed E-state index contributed by atoms with van der Waals surface area (Å²) in [5.41, 5.74) is 17.5. The van der Waals surface area contributed by atoms with E-state index in [2.05, 4.69) is 155 Å². The minimum Gasteiger partial charge on any atom is -0.497 e. The Morgan fingerprint density at radius 2 is 1.03 bits per heavy atom. The Morgan fingerprint density at radius 1 is 0.556 bits per heavy atom. The zero-order chi connectivity index (χ0) is 51.3. The van der Waals surface area contributed by atoms with E-state index in [9.17, 15) is 13.5 Å². The Balaban J connectivity index is 0.000000175. The number of hydrogen-bond donors (Lipinski definition) is 2. The van der Waals surface area contributed by atoms with Crippen molar-refractivity contribution in [3.63, 3.8) is 0 Å². The standard InChI is InChI=1S/C29H34O2.C29H32O.C7H8O3S/c1-4-5-22-6-8-25(9-7-22)28-15-12-26(20-21(28)2)29(30)18-16-24(17-19-29)23-10-13-27(31-3)14-11-23;1-4-5-22-6-8-26(9-7-22)29-19-16-27(20-21(29)2)25-12-10-23(11-13-25)24-14-17-28(30-3)18-15-24;1-6-2-4-7(5-3-6)11(8,9)10/h6-15,20,24,30H,4-5,16-19H2,1-3H3;6-9,12,14-20,23H,4-5,10-11,13H2,1-3H3;2-5H,1H3,(H,8,9,10). The Labute approximate surface area is 430 Å². The molecule has 0 amide bonds. The van der Waals surface area contributed by atoms with Crippen LogP contribution < -0.4 is 9.47 Å². The van der Waals surface area contributed by atoms with Crippen LogP contribution in [0.4, 0.5) is 0 Å². The van der Waals surface area contributed by atoms with Crippen molar-refractivity contribution in [3.05, 3.63) is 214 Å². The average Bonchev–Trinajstić information content (AvgIpc) is 3.40. The van der Waals surface area contributed by atoms with Gasteiger partial charge in [0.25, 0.3) is 10.1 Å². The topological polar surface area (TPSA) is 93.1 Å². The van der Waals surface area contributed by atoms with Gasteiger partial charge in [0.1, 0.15) is 11.5 Å². The maximum atomic E-state index is 11.5. The minimum absolute atomic E-state index is 0.0666. The molecule has 2 aliphatic rings. The number of allylic oxidation sites excluding steroid dienone is 2. The van der Waals surface area contributed by atoms with Gasteiger partial charge in [0.05, 0.1) is 24.7 Å². The molecule has 7 aromatic rings. The molecule has 1 fully saturated rings. The largest absolute Gasteiger partial charge is 0.497 e. The molecule has 0 heterocycles. The molecule has 2 N–H and O–H groups in total. The molecular weight excluding hydrogens is 909 g/mol. The highest BCUT2D eigenvalue weighted by Gasteiger charge is 2.35. The van der Waals surface area contributed by atoms with Crippen molar-refractivity contribution in [2.45, 2.75) is 128 Å². The van der Waals surface area contributed by atoms with Crippen LogP contribution in [-0.4, -0.2) is 32.3 Å². The van der Waals surface area contributed by atoms with Gasteiger partial charge in [-0.3, -0.25) is 4.55 Å². The van der Waals surface area contributed by atoms with E-state index in [0.29, 0.717) is 11.8 Å². The van der Waals surface area contributed by atoms with Crippen LogP contribution in [0.25, 0.3) is 27.8 Å². The fraction of sp³-hybridized carbons (Fsp3) is 0.323. The third-order valence-corrected chi connectivity index (χ3v) is 15.6. The number of methoxy groups -OCH3 is 2. The number of aliphatic hydroxyl groups is 1. The lowest BCUT2D eigenvalue weighted by molar-refractivity contribution is -0.00570. The molecule has 0 aliphatic heterocycles. The van der Waals surface area contributed by atoms with E-state index >= 15 is 0 Å². The lowest BCUT2D eigenvalue weighted by Gasteiger charge is -2.37. The second-order valence-electron chi connectivity index (χ2n) is 19.8. The first kappa shape index (κ1) is 53.5. The van der Waals surface area contributed by atoms with E-state index in [-0.39, 0.29) is 4.90 Å². The fourth-order valence-corrected chi connectivity index (χ4v) is 10.8. The van der Waals surface area contributed by atoms with E-state index in [0.717, 1.165) is 74.0 Å². The Bertz CT molecular complexity index is 2960. The molecule has 7 heteroatoms. The predicted octanol–water partition coefficient (Wildman–Crippen LogP) is 16.4. The number of rotatable bonds is 13. The summed E-state index contributed by atoms with van der Waals surface area (Å²) in [6.07, 6.45) is 14.2. The molecule has 0 bridgehead atoms. The summed E-state index contributed by atoms with van der Waals surface area (Å²) in [5, 5.41) is 11.5. The highest BCUT2D eigenvalue weighted by Crippen LogP contribution is 2.44. The summed E-state index contributed by atoms with van der Waals surface area (Å²) in [6.45, 7) is 10.7. The summed E-state index contributed by atoms with van der Waals surface area (Å²) in [4.78, 5) is -0.0666. The number of benzene rings is 7. The summed E-state index contributed by atoms with van der Waals surface area (Å²) >= 11 is 0. The lowest BCUT2D eigenvalue weighted by atomic mass is 9.73. The molecule has 0 saturated heterocycles. The smallest absolute Gasteiger partial charge is 0.294 e. The van der Waals surface area contributed by atoms with Crippen molar-refractivity contribution in [2.75, 3.05) is 14.2 Å². The Morgan fingerprint density at radius 3 is 1.46 bits per heavy atom.